The van der Waals surface area contributed by atoms with Gasteiger partial charge >= 0.3 is 0 Å². The van der Waals surface area contributed by atoms with E-state index in [9.17, 15) is 10.1 Å². The lowest BCUT2D eigenvalue weighted by Gasteiger charge is -2.41. The number of anilines is 1. The molecule has 8 heteroatoms. The molecule has 3 aromatic heterocycles. The Morgan fingerprint density at radius 3 is 2.69 bits per heavy atom. The lowest BCUT2D eigenvalue weighted by molar-refractivity contribution is -0.126. The summed E-state index contributed by atoms with van der Waals surface area (Å²) in [6.45, 7) is 3.71. The van der Waals surface area contributed by atoms with Gasteiger partial charge in [-0.25, -0.2) is 9.50 Å². The topological polar surface area (TPSA) is 86.8 Å². The van der Waals surface area contributed by atoms with Crippen molar-refractivity contribution in [3.05, 3.63) is 42.4 Å². The Balaban J connectivity index is 1.48. The highest BCUT2D eigenvalue weighted by Gasteiger charge is 2.41. The molecule has 0 radical (unpaired) electrons. The van der Waals surface area contributed by atoms with Crippen molar-refractivity contribution < 1.29 is 9.53 Å². The van der Waals surface area contributed by atoms with Gasteiger partial charge in [0.1, 0.15) is 17.6 Å². The SMILES string of the molecule is C#CC(=O)N1CC2CCC(C1)N2c1ccc(-c2cc(OCC)cn3ncc(C#N)c23)cn1. The number of carbonyl (C=O) groups excluding carboxylic acids is 1. The van der Waals surface area contributed by atoms with Crippen molar-refractivity contribution in [1.82, 2.24) is 19.5 Å². The van der Waals surface area contributed by atoms with E-state index in [0.29, 0.717) is 31.0 Å². The molecule has 2 bridgehead atoms. The minimum atomic E-state index is -0.239. The molecule has 2 aliphatic heterocycles. The van der Waals surface area contributed by atoms with E-state index < -0.39 is 0 Å². The summed E-state index contributed by atoms with van der Waals surface area (Å²) in [5.41, 5.74) is 2.95. The summed E-state index contributed by atoms with van der Waals surface area (Å²) in [5, 5.41) is 13.8. The second kappa shape index (κ2) is 7.90. The van der Waals surface area contributed by atoms with Crippen molar-refractivity contribution in [2.24, 2.45) is 0 Å². The van der Waals surface area contributed by atoms with E-state index in [4.69, 9.17) is 16.1 Å². The molecule has 5 heterocycles. The van der Waals surface area contributed by atoms with Gasteiger partial charge in [-0.3, -0.25) is 4.79 Å². The first-order chi connectivity index (χ1) is 15.6. The lowest BCUT2D eigenvalue weighted by atomic mass is 10.0. The van der Waals surface area contributed by atoms with E-state index in [1.54, 1.807) is 21.8 Å². The average Bonchev–Trinajstić information content (AvgIpc) is 3.35. The molecule has 2 unspecified atom stereocenters. The summed E-state index contributed by atoms with van der Waals surface area (Å²) in [5.74, 6) is 3.56. The van der Waals surface area contributed by atoms with Crippen molar-refractivity contribution in [3.8, 4) is 35.3 Å². The molecule has 2 atom stereocenters. The molecule has 0 saturated carbocycles. The summed E-state index contributed by atoms with van der Waals surface area (Å²) in [6.07, 6.45) is 12.5. The monoisotopic (exact) mass is 426 g/mol. The fraction of sp³-hybridized carbons (Fsp3) is 0.333. The number of nitriles is 1. The van der Waals surface area contributed by atoms with Gasteiger partial charge in [0.15, 0.2) is 0 Å². The maximum absolute atomic E-state index is 12.0. The highest BCUT2D eigenvalue weighted by atomic mass is 16.5. The number of ether oxygens (including phenoxy) is 1. The Hall–Kier alpha value is -4.04. The van der Waals surface area contributed by atoms with E-state index in [-0.39, 0.29) is 18.0 Å². The number of amides is 1. The third-order valence-corrected chi connectivity index (χ3v) is 6.23. The summed E-state index contributed by atoms with van der Waals surface area (Å²) in [4.78, 5) is 20.8. The molecule has 0 spiro atoms. The van der Waals surface area contributed by atoms with Crippen LogP contribution in [0.2, 0.25) is 0 Å². The summed E-state index contributed by atoms with van der Waals surface area (Å²) >= 11 is 0. The van der Waals surface area contributed by atoms with Crippen LogP contribution in [0.5, 0.6) is 5.75 Å². The number of hydrogen-bond acceptors (Lipinski definition) is 6. The number of terminal acetylenes is 1. The minimum absolute atomic E-state index is 0.220. The zero-order chi connectivity index (χ0) is 22.2. The average molecular weight is 426 g/mol. The Morgan fingerprint density at radius 1 is 1.28 bits per heavy atom. The highest BCUT2D eigenvalue weighted by Crippen LogP contribution is 2.36. The van der Waals surface area contributed by atoms with Crippen molar-refractivity contribution >= 4 is 17.2 Å². The standard InChI is InChI=1S/C24H22N6O2/c1-3-23(31)28-13-18-6-7-19(14-28)30(18)22-8-5-16(11-26-22)21-9-20(32-4-2)15-29-24(21)17(10-25)12-27-29/h1,5,8-9,11-12,15,18-19H,4,6-7,13-14H2,2H3. The number of pyridine rings is 2. The number of fused-ring (bicyclic) bond motifs is 3. The summed E-state index contributed by atoms with van der Waals surface area (Å²) in [7, 11) is 0. The van der Waals surface area contributed by atoms with Gasteiger partial charge < -0.3 is 14.5 Å². The van der Waals surface area contributed by atoms with Crippen LogP contribution in [0.15, 0.2) is 36.8 Å². The smallest absolute Gasteiger partial charge is 0.298 e. The molecule has 32 heavy (non-hydrogen) atoms. The Bertz CT molecular complexity index is 1250. The molecule has 3 aromatic rings. The predicted octanol–water partition coefficient (Wildman–Crippen LogP) is 2.48. The number of likely N-dealkylation sites (tertiary alicyclic amines) is 1. The molecule has 2 saturated heterocycles. The van der Waals surface area contributed by atoms with Crippen molar-refractivity contribution in [2.45, 2.75) is 31.8 Å². The van der Waals surface area contributed by atoms with Crippen LogP contribution in [-0.4, -0.2) is 57.2 Å². The fourth-order valence-corrected chi connectivity index (χ4v) is 4.88. The van der Waals surface area contributed by atoms with Gasteiger partial charge in [0.25, 0.3) is 5.91 Å². The van der Waals surface area contributed by atoms with E-state index in [1.807, 2.05) is 31.3 Å². The number of rotatable bonds is 4. The predicted molar refractivity (Wildman–Crippen MR) is 119 cm³/mol. The molecule has 0 N–H and O–H groups in total. The van der Waals surface area contributed by atoms with Crippen LogP contribution in [0.4, 0.5) is 5.82 Å². The van der Waals surface area contributed by atoms with Gasteiger partial charge in [0.2, 0.25) is 0 Å². The molecule has 2 fully saturated rings. The number of carbonyl (C=O) groups is 1. The lowest BCUT2D eigenvalue weighted by Crippen LogP contribution is -2.55. The summed E-state index contributed by atoms with van der Waals surface area (Å²) < 4.78 is 7.37. The Morgan fingerprint density at radius 2 is 2.06 bits per heavy atom. The number of piperazine rings is 1. The second-order valence-corrected chi connectivity index (χ2v) is 8.04. The normalized spacial score (nSPS) is 19.6. The minimum Gasteiger partial charge on any atom is -0.492 e. The third kappa shape index (κ3) is 3.21. The van der Waals surface area contributed by atoms with Gasteiger partial charge in [-0.2, -0.15) is 10.4 Å². The van der Waals surface area contributed by atoms with Crippen molar-refractivity contribution in [2.75, 3.05) is 24.6 Å². The van der Waals surface area contributed by atoms with Crippen LogP contribution in [0.3, 0.4) is 0 Å². The first kappa shape index (κ1) is 19.9. The Kier molecular flexibility index (Phi) is 4.91. The van der Waals surface area contributed by atoms with Gasteiger partial charge in [-0.15, -0.1) is 6.42 Å². The molecule has 160 valence electrons. The van der Waals surface area contributed by atoms with Gasteiger partial charge in [-0.1, -0.05) is 0 Å². The van der Waals surface area contributed by atoms with Crippen molar-refractivity contribution in [1.29, 1.82) is 5.26 Å². The van der Waals surface area contributed by atoms with Crippen LogP contribution >= 0.6 is 0 Å². The molecular formula is C24H22N6O2. The number of nitrogens with zero attached hydrogens (tertiary/aromatic N) is 6. The fourth-order valence-electron chi connectivity index (χ4n) is 4.88. The molecule has 2 aliphatic rings. The molecule has 5 rings (SSSR count). The zero-order valence-corrected chi connectivity index (χ0v) is 17.7. The quantitative estimate of drug-likeness (QED) is 0.596. The van der Waals surface area contributed by atoms with Crippen LogP contribution in [0.25, 0.3) is 16.6 Å². The van der Waals surface area contributed by atoms with Gasteiger partial charge in [0.05, 0.1) is 30.1 Å². The maximum Gasteiger partial charge on any atom is 0.298 e. The van der Waals surface area contributed by atoms with E-state index in [2.05, 4.69) is 22.0 Å². The van der Waals surface area contributed by atoms with Gasteiger partial charge in [-0.05, 0) is 43.9 Å². The Labute approximate surface area is 186 Å². The van der Waals surface area contributed by atoms with Crippen molar-refractivity contribution in [3.63, 3.8) is 0 Å². The maximum atomic E-state index is 12.0. The third-order valence-electron chi connectivity index (χ3n) is 6.23. The largest absolute Gasteiger partial charge is 0.492 e. The molecule has 0 aromatic carbocycles. The second-order valence-electron chi connectivity index (χ2n) is 8.04. The number of aromatic nitrogens is 3. The first-order valence-corrected chi connectivity index (χ1v) is 10.7. The van der Waals surface area contributed by atoms with Crippen LogP contribution in [0.1, 0.15) is 25.3 Å². The van der Waals surface area contributed by atoms with Crippen LogP contribution in [-0.2, 0) is 4.79 Å². The van der Waals surface area contributed by atoms with Crippen LogP contribution < -0.4 is 9.64 Å². The first-order valence-electron chi connectivity index (χ1n) is 10.7. The number of hydrogen-bond donors (Lipinski definition) is 0. The highest BCUT2D eigenvalue weighted by molar-refractivity contribution is 5.93. The van der Waals surface area contributed by atoms with E-state index in [1.165, 1.54) is 0 Å². The van der Waals surface area contributed by atoms with Gasteiger partial charge in [0, 0.05) is 42.5 Å². The summed E-state index contributed by atoms with van der Waals surface area (Å²) in [6, 6.07) is 8.60. The van der Waals surface area contributed by atoms with E-state index >= 15 is 0 Å². The molecule has 0 aliphatic carbocycles. The van der Waals surface area contributed by atoms with Crippen LogP contribution in [0, 0.1) is 23.7 Å². The molecule has 8 nitrogen and oxygen atoms in total. The molecular weight excluding hydrogens is 404 g/mol. The zero-order valence-electron chi connectivity index (χ0n) is 17.7. The molecule has 1 amide bonds. The van der Waals surface area contributed by atoms with E-state index in [0.717, 1.165) is 35.3 Å².